The molecule has 1 aliphatic carbocycles. The van der Waals surface area contributed by atoms with E-state index in [-0.39, 0.29) is 35.1 Å². The van der Waals surface area contributed by atoms with Gasteiger partial charge in [-0.15, -0.1) is 0 Å². The van der Waals surface area contributed by atoms with E-state index in [9.17, 15) is 19.2 Å². The molecule has 0 radical (unpaired) electrons. The fraction of sp³-hybridized carbons (Fsp3) is 0.267. The Morgan fingerprint density at radius 2 is 1.62 bits per heavy atom. The van der Waals surface area contributed by atoms with Gasteiger partial charge in [0.05, 0.1) is 23.1 Å². The number of rotatable bonds is 6. The van der Waals surface area contributed by atoms with Gasteiger partial charge in [-0.05, 0) is 79.6 Å². The minimum Gasteiger partial charge on any atom is -0.452 e. The van der Waals surface area contributed by atoms with Crippen LogP contribution in [0.3, 0.4) is 0 Å². The van der Waals surface area contributed by atoms with Crippen LogP contribution in [0.2, 0.25) is 0 Å². The highest BCUT2D eigenvalue weighted by Crippen LogP contribution is 2.45. The molecule has 0 aromatic heterocycles. The predicted molar refractivity (Wildman–Crippen MR) is 139 cm³/mol. The number of carbonyl (C=O) groups excluding carboxylic acids is 4. The Hall–Kier alpha value is -4.26. The van der Waals surface area contributed by atoms with Crippen LogP contribution in [-0.2, 0) is 19.1 Å². The molecule has 3 amide bonds. The van der Waals surface area contributed by atoms with Crippen LogP contribution in [0.15, 0.2) is 78.9 Å². The zero-order valence-corrected chi connectivity index (χ0v) is 20.6. The van der Waals surface area contributed by atoms with E-state index in [0.29, 0.717) is 24.2 Å². The average Bonchev–Trinajstić information content (AvgIpc) is 3.17. The molecule has 7 heteroatoms. The Balaban J connectivity index is 1.20. The maximum Gasteiger partial charge on any atom is 0.338 e. The summed E-state index contributed by atoms with van der Waals surface area (Å²) in [7, 11) is 0. The number of nitrogens with zero attached hydrogens (tertiary/aromatic N) is 1. The molecule has 3 atom stereocenters. The molecule has 1 saturated heterocycles. The van der Waals surface area contributed by atoms with Gasteiger partial charge >= 0.3 is 5.97 Å². The summed E-state index contributed by atoms with van der Waals surface area (Å²) in [5.74, 6) is -1.83. The molecule has 188 valence electrons. The number of esters is 1. The molecular weight excluding hydrogens is 468 g/mol. The van der Waals surface area contributed by atoms with Crippen molar-refractivity contribution in [1.82, 2.24) is 0 Å². The van der Waals surface area contributed by atoms with Crippen LogP contribution in [0.4, 0.5) is 11.4 Å². The summed E-state index contributed by atoms with van der Waals surface area (Å²) in [4.78, 5) is 52.2. The van der Waals surface area contributed by atoms with Gasteiger partial charge in [-0.3, -0.25) is 19.3 Å². The zero-order chi connectivity index (χ0) is 25.9. The van der Waals surface area contributed by atoms with Gasteiger partial charge in [0, 0.05) is 5.69 Å². The molecule has 2 fully saturated rings. The molecule has 0 bridgehead atoms. The Bertz CT molecular complexity index is 1340. The van der Waals surface area contributed by atoms with E-state index in [1.807, 2.05) is 43.3 Å². The number of amides is 3. The van der Waals surface area contributed by atoms with E-state index in [2.05, 4.69) is 17.4 Å². The Kier molecular flexibility index (Phi) is 6.86. The number of hydrogen-bond donors (Lipinski definition) is 1. The van der Waals surface area contributed by atoms with Gasteiger partial charge in [0.2, 0.25) is 11.8 Å². The maximum atomic E-state index is 13.3. The summed E-state index contributed by atoms with van der Waals surface area (Å²) < 4.78 is 5.13. The van der Waals surface area contributed by atoms with E-state index in [0.717, 1.165) is 12.0 Å². The molecule has 1 N–H and O–H groups in total. The normalized spacial score (nSPS) is 20.9. The summed E-state index contributed by atoms with van der Waals surface area (Å²) in [5, 5.41) is 2.69. The Labute approximate surface area is 215 Å². The number of benzene rings is 3. The van der Waals surface area contributed by atoms with Crippen molar-refractivity contribution in [3.05, 3.63) is 95.6 Å². The standard InChI is InChI=1S/C30H28N2O5/c1-19-6-5-9-23(16-19)31-27(33)18-37-30(36)21-10-13-24(14-11-21)32-28(34)25-15-12-22(17-26(25)29(32)35)20-7-3-2-4-8-20/h2-11,13-14,16,22,25-26H,12,15,17-18H2,1H3,(H,31,33)/t22-,25-,26+/m1/s1. The lowest BCUT2D eigenvalue weighted by molar-refractivity contribution is -0.122. The molecule has 3 aromatic carbocycles. The van der Waals surface area contributed by atoms with Crippen LogP contribution in [0.1, 0.15) is 46.7 Å². The smallest absolute Gasteiger partial charge is 0.338 e. The summed E-state index contributed by atoms with van der Waals surface area (Å²) in [6.07, 6.45) is 2.21. The van der Waals surface area contributed by atoms with Crippen molar-refractivity contribution >= 4 is 35.1 Å². The van der Waals surface area contributed by atoms with Crippen LogP contribution in [-0.4, -0.2) is 30.3 Å². The van der Waals surface area contributed by atoms with E-state index in [1.165, 1.54) is 22.6 Å². The quantitative estimate of drug-likeness (QED) is 0.389. The first-order valence-corrected chi connectivity index (χ1v) is 12.5. The van der Waals surface area contributed by atoms with Crippen LogP contribution in [0.5, 0.6) is 0 Å². The monoisotopic (exact) mass is 496 g/mol. The first-order chi connectivity index (χ1) is 17.9. The molecule has 3 aromatic rings. The number of hydrogen-bond acceptors (Lipinski definition) is 5. The first kappa shape index (κ1) is 24.4. The van der Waals surface area contributed by atoms with Gasteiger partial charge in [0.15, 0.2) is 6.61 Å². The maximum absolute atomic E-state index is 13.3. The molecule has 37 heavy (non-hydrogen) atoms. The topological polar surface area (TPSA) is 92.8 Å². The third-order valence-electron chi connectivity index (χ3n) is 7.19. The van der Waals surface area contributed by atoms with Gasteiger partial charge in [-0.1, -0.05) is 42.5 Å². The highest BCUT2D eigenvalue weighted by Gasteiger charge is 2.50. The minimum atomic E-state index is -0.663. The van der Waals surface area contributed by atoms with Gasteiger partial charge in [0.1, 0.15) is 0 Å². The summed E-state index contributed by atoms with van der Waals surface area (Å²) in [6, 6.07) is 23.6. The Morgan fingerprint density at radius 3 is 2.35 bits per heavy atom. The van der Waals surface area contributed by atoms with Crippen molar-refractivity contribution in [1.29, 1.82) is 0 Å². The minimum absolute atomic E-state index is 0.176. The second-order valence-corrected chi connectivity index (χ2v) is 9.69. The SMILES string of the molecule is Cc1cccc(NC(=O)COC(=O)c2ccc(N3C(=O)[C@H]4C[C@H](c5ccccc5)CC[C@H]4C3=O)cc2)c1. The fourth-order valence-electron chi connectivity index (χ4n) is 5.34. The number of nitrogens with one attached hydrogen (secondary N) is 1. The van der Waals surface area contributed by atoms with Crippen LogP contribution < -0.4 is 10.2 Å². The summed E-state index contributed by atoms with van der Waals surface area (Å²) in [5.41, 5.74) is 3.50. The second-order valence-electron chi connectivity index (χ2n) is 9.69. The first-order valence-electron chi connectivity index (χ1n) is 12.5. The summed E-state index contributed by atoms with van der Waals surface area (Å²) in [6.45, 7) is 1.49. The van der Waals surface area contributed by atoms with Crippen LogP contribution >= 0.6 is 0 Å². The summed E-state index contributed by atoms with van der Waals surface area (Å²) >= 11 is 0. The van der Waals surface area contributed by atoms with Crippen LogP contribution in [0, 0.1) is 18.8 Å². The van der Waals surface area contributed by atoms with E-state index in [1.54, 1.807) is 18.2 Å². The molecule has 7 nitrogen and oxygen atoms in total. The fourth-order valence-corrected chi connectivity index (χ4v) is 5.34. The number of imide groups is 1. The number of carbonyl (C=O) groups is 4. The van der Waals surface area contributed by atoms with Gasteiger partial charge < -0.3 is 10.1 Å². The highest BCUT2D eigenvalue weighted by molar-refractivity contribution is 6.22. The Morgan fingerprint density at radius 1 is 0.892 bits per heavy atom. The lowest BCUT2D eigenvalue weighted by Crippen LogP contribution is -2.30. The van der Waals surface area contributed by atoms with Gasteiger partial charge in [-0.2, -0.15) is 0 Å². The molecule has 1 heterocycles. The van der Waals surface area contributed by atoms with Gasteiger partial charge in [-0.25, -0.2) is 4.79 Å². The van der Waals surface area contributed by atoms with Crippen molar-refractivity contribution < 1.29 is 23.9 Å². The largest absolute Gasteiger partial charge is 0.452 e. The van der Waals surface area contributed by atoms with E-state index >= 15 is 0 Å². The van der Waals surface area contributed by atoms with Crippen molar-refractivity contribution in [2.75, 3.05) is 16.8 Å². The molecule has 1 saturated carbocycles. The number of ether oxygens (including phenoxy) is 1. The molecule has 5 rings (SSSR count). The predicted octanol–water partition coefficient (Wildman–Crippen LogP) is 4.86. The third-order valence-corrected chi connectivity index (χ3v) is 7.19. The molecule has 1 aliphatic heterocycles. The lowest BCUT2D eigenvalue weighted by Gasteiger charge is -2.28. The number of fused-ring (bicyclic) bond motifs is 1. The van der Waals surface area contributed by atoms with Gasteiger partial charge in [0.25, 0.3) is 5.91 Å². The molecular formula is C30H28N2O5. The molecule has 0 spiro atoms. The van der Waals surface area contributed by atoms with Crippen molar-refractivity contribution in [3.63, 3.8) is 0 Å². The number of anilines is 2. The zero-order valence-electron chi connectivity index (χ0n) is 20.6. The van der Waals surface area contributed by atoms with Crippen molar-refractivity contribution in [2.45, 2.75) is 32.1 Å². The van der Waals surface area contributed by atoms with Crippen LogP contribution in [0.25, 0.3) is 0 Å². The van der Waals surface area contributed by atoms with E-state index < -0.39 is 18.5 Å². The van der Waals surface area contributed by atoms with Crippen molar-refractivity contribution in [3.8, 4) is 0 Å². The highest BCUT2D eigenvalue weighted by atomic mass is 16.5. The second kappa shape index (κ2) is 10.4. The van der Waals surface area contributed by atoms with Crippen molar-refractivity contribution in [2.24, 2.45) is 11.8 Å². The van der Waals surface area contributed by atoms with E-state index in [4.69, 9.17) is 4.74 Å². The third kappa shape index (κ3) is 5.16. The lowest BCUT2D eigenvalue weighted by atomic mass is 9.73. The molecule has 0 unspecified atom stereocenters. The average molecular weight is 497 g/mol. The number of aryl methyl sites for hydroxylation is 1. The molecule has 2 aliphatic rings.